The van der Waals surface area contributed by atoms with E-state index >= 15 is 0 Å². The molecular formula is C16H17F2NO3S. The van der Waals surface area contributed by atoms with Crippen molar-refractivity contribution in [3.05, 3.63) is 54.1 Å². The normalized spacial score (nSPS) is 11.3. The van der Waals surface area contributed by atoms with Gasteiger partial charge in [0.2, 0.25) is 0 Å². The Morgan fingerprint density at radius 3 is 2.39 bits per heavy atom. The third-order valence-electron chi connectivity index (χ3n) is 3.26. The zero-order valence-corrected chi connectivity index (χ0v) is 13.6. The van der Waals surface area contributed by atoms with Crippen LogP contribution in [-0.2, 0) is 10.0 Å². The number of sulfonamides is 1. The van der Waals surface area contributed by atoms with Crippen molar-refractivity contribution >= 4 is 15.7 Å². The van der Waals surface area contributed by atoms with Crippen LogP contribution in [0.3, 0.4) is 0 Å². The zero-order chi connectivity index (χ0) is 17.0. The first-order valence-electron chi connectivity index (χ1n) is 7.03. The van der Waals surface area contributed by atoms with Crippen molar-refractivity contribution in [2.45, 2.75) is 18.2 Å². The van der Waals surface area contributed by atoms with Crippen LogP contribution in [-0.4, -0.2) is 22.1 Å². The smallest absolute Gasteiger partial charge is 0.267 e. The summed E-state index contributed by atoms with van der Waals surface area (Å²) in [5.41, 5.74) is -0.114. The van der Waals surface area contributed by atoms with Crippen LogP contribution >= 0.6 is 0 Å². The van der Waals surface area contributed by atoms with Crippen molar-refractivity contribution in [3.63, 3.8) is 0 Å². The minimum absolute atomic E-state index is 0.0277. The van der Waals surface area contributed by atoms with Gasteiger partial charge in [0.1, 0.15) is 10.7 Å². The van der Waals surface area contributed by atoms with Crippen LogP contribution in [0.5, 0.6) is 5.75 Å². The van der Waals surface area contributed by atoms with Gasteiger partial charge in [0.25, 0.3) is 10.0 Å². The van der Waals surface area contributed by atoms with E-state index in [-0.39, 0.29) is 18.0 Å². The number of hydrogen-bond donors (Lipinski definition) is 0. The first kappa shape index (κ1) is 17.2. The lowest BCUT2D eigenvalue weighted by Gasteiger charge is -2.24. The van der Waals surface area contributed by atoms with Crippen LogP contribution in [0.15, 0.2) is 47.4 Å². The molecule has 4 nitrogen and oxygen atoms in total. The van der Waals surface area contributed by atoms with E-state index in [1.54, 1.807) is 6.92 Å². The summed E-state index contributed by atoms with van der Waals surface area (Å²) >= 11 is 0. The fourth-order valence-corrected chi connectivity index (χ4v) is 3.84. The van der Waals surface area contributed by atoms with Crippen LogP contribution in [0.2, 0.25) is 0 Å². The molecule has 2 aromatic carbocycles. The van der Waals surface area contributed by atoms with Gasteiger partial charge in [-0.15, -0.1) is 0 Å². The van der Waals surface area contributed by atoms with Crippen molar-refractivity contribution in [3.8, 4) is 5.75 Å². The highest BCUT2D eigenvalue weighted by molar-refractivity contribution is 7.92. The lowest BCUT2D eigenvalue weighted by Crippen LogP contribution is -2.33. The first-order chi connectivity index (χ1) is 10.9. The monoisotopic (exact) mass is 341 g/mol. The molecule has 0 amide bonds. The Morgan fingerprint density at radius 1 is 1.09 bits per heavy atom. The average molecular weight is 341 g/mol. The van der Waals surface area contributed by atoms with Gasteiger partial charge >= 0.3 is 0 Å². The molecule has 0 saturated carbocycles. The molecule has 0 saturated heterocycles. The van der Waals surface area contributed by atoms with Gasteiger partial charge in [-0.2, -0.15) is 0 Å². The maximum Gasteiger partial charge on any atom is 0.267 e. The van der Waals surface area contributed by atoms with Crippen molar-refractivity contribution in [2.75, 3.05) is 18.0 Å². The molecule has 0 bridgehead atoms. The molecule has 0 aliphatic carbocycles. The fraction of sp³-hybridized carbons (Fsp3) is 0.250. The summed E-state index contributed by atoms with van der Waals surface area (Å²) in [7, 11) is -3.02. The number of ether oxygens (including phenoxy) is 1. The van der Waals surface area contributed by atoms with E-state index in [4.69, 9.17) is 4.74 Å². The van der Waals surface area contributed by atoms with Crippen LogP contribution in [0.1, 0.15) is 13.3 Å². The minimum atomic E-state index is -4.26. The second kappa shape index (κ2) is 6.95. The van der Waals surface area contributed by atoms with Crippen LogP contribution in [0, 0.1) is 11.6 Å². The van der Waals surface area contributed by atoms with Crippen molar-refractivity contribution in [1.29, 1.82) is 0 Å². The Hall–Kier alpha value is -2.15. The van der Waals surface area contributed by atoms with Crippen molar-refractivity contribution in [1.82, 2.24) is 0 Å². The van der Waals surface area contributed by atoms with Gasteiger partial charge < -0.3 is 4.74 Å². The van der Waals surface area contributed by atoms with Gasteiger partial charge in [-0.1, -0.05) is 25.1 Å². The molecule has 23 heavy (non-hydrogen) atoms. The number of benzene rings is 2. The lowest BCUT2D eigenvalue weighted by molar-refractivity contribution is 0.380. The molecule has 0 unspecified atom stereocenters. The highest BCUT2D eigenvalue weighted by Crippen LogP contribution is 2.30. The summed E-state index contributed by atoms with van der Waals surface area (Å²) in [6, 6.07) is 9.33. The van der Waals surface area contributed by atoms with E-state index in [1.165, 1.54) is 37.4 Å². The van der Waals surface area contributed by atoms with Crippen molar-refractivity contribution in [2.24, 2.45) is 0 Å². The SMILES string of the molecule is CCCN(c1ccccc1F)S(=O)(=O)c1cccc(OC)c1F. The van der Waals surface area contributed by atoms with E-state index in [2.05, 4.69) is 0 Å². The predicted octanol–water partition coefficient (Wildman–Crippen LogP) is 3.58. The quantitative estimate of drug-likeness (QED) is 0.807. The average Bonchev–Trinajstić information content (AvgIpc) is 2.53. The number of rotatable bonds is 6. The number of halogens is 2. The van der Waals surface area contributed by atoms with Gasteiger partial charge in [-0.05, 0) is 30.7 Å². The van der Waals surface area contributed by atoms with E-state index in [9.17, 15) is 17.2 Å². The maximum absolute atomic E-state index is 14.4. The highest BCUT2D eigenvalue weighted by atomic mass is 32.2. The Bertz CT molecular complexity index is 794. The Balaban J connectivity index is 2.61. The van der Waals surface area contributed by atoms with Gasteiger partial charge in [-0.25, -0.2) is 17.2 Å². The van der Waals surface area contributed by atoms with Crippen molar-refractivity contribution < 1.29 is 21.9 Å². The maximum atomic E-state index is 14.4. The molecule has 0 aliphatic heterocycles. The van der Waals surface area contributed by atoms with Crippen LogP contribution < -0.4 is 9.04 Å². The standard InChI is InChI=1S/C16H17F2NO3S/c1-3-11-19(13-8-5-4-7-12(13)17)23(20,21)15-10-6-9-14(22-2)16(15)18/h4-10H,3,11H2,1-2H3. The highest BCUT2D eigenvalue weighted by Gasteiger charge is 2.30. The zero-order valence-electron chi connectivity index (χ0n) is 12.8. The molecule has 0 heterocycles. The Labute approximate surface area is 134 Å². The molecule has 0 aliphatic rings. The number of hydrogen-bond acceptors (Lipinski definition) is 3. The lowest BCUT2D eigenvalue weighted by atomic mass is 10.3. The van der Waals surface area contributed by atoms with Crippen LogP contribution in [0.4, 0.5) is 14.5 Å². The largest absolute Gasteiger partial charge is 0.494 e. The van der Waals surface area contributed by atoms with E-state index in [0.29, 0.717) is 6.42 Å². The Kier molecular flexibility index (Phi) is 5.20. The summed E-state index contributed by atoms with van der Waals surface area (Å²) in [4.78, 5) is -0.548. The molecule has 7 heteroatoms. The first-order valence-corrected chi connectivity index (χ1v) is 8.47. The van der Waals surface area contributed by atoms with E-state index in [1.807, 2.05) is 0 Å². The topological polar surface area (TPSA) is 46.6 Å². The third kappa shape index (κ3) is 3.29. The second-order valence-corrected chi connectivity index (χ2v) is 6.63. The Morgan fingerprint density at radius 2 is 1.78 bits per heavy atom. The molecule has 0 aromatic heterocycles. The van der Waals surface area contributed by atoms with Gasteiger partial charge in [0, 0.05) is 6.54 Å². The molecule has 2 aromatic rings. The summed E-state index contributed by atoms with van der Waals surface area (Å²) in [6.45, 7) is 1.78. The van der Waals surface area contributed by atoms with E-state index < -0.39 is 26.6 Å². The molecule has 0 radical (unpaired) electrons. The molecule has 2 rings (SSSR count). The second-order valence-electron chi connectivity index (χ2n) is 4.80. The minimum Gasteiger partial charge on any atom is -0.494 e. The summed E-state index contributed by atoms with van der Waals surface area (Å²) < 4.78 is 59.7. The van der Waals surface area contributed by atoms with Gasteiger partial charge in [-0.3, -0.25) is 4.31 Å². The molecule has 0 N–H and O–H groups in total. The molecular weight excluding hydrogens is 324 g/mol. The van der Waals surface area contributed by atoms with Gasteiger partial charge in [0.05, 0.1) is 12.8 Å². The molecule has 0 atom stereocenters. The molecule has 124 valence electrons. The molecule has 0 fully saturated rings. The summed E-state index contributed by atoms with van der Waals surface area (Å²) in [6.07, 6.45) is 0.444. The predicted molar refractivity (Wildman–Crippen MR) is 84.2 cm³/mol. The van der Waals surface area contributed by atoms with E-state index in [0.717, 1.165) is 16.4 Å². The number of anilines is 1. The summed E-state index contributed by atoms with van der Waals surface area (Å²) in [5.74, 6) is -1.86. The number of methoxy groups -OCH3 is 1. The van der Waals surface area contributed by atoms with Crippen LogP contribution in [0.25, 0.3) is 0 Å². The number of para-hydroxylation sites is 1. The third-order valence-corrected chi connectivity index (χ3v) is 5.09. The molecule has 0 spiro atoms. The summed E-state index contributed by atoms with van der Waals surface area (Å²) in [5, 5.41) is 0. The number of nitrogens with zero attached hydrogens (tertiary/aromatic N) is 1. The fourth-order valence-electron chi connectivity index (χ4n) is 2.19. The van der Waals surface area contributed by atoms with Gasteiger partial charge in [0.15, 0.2) is 11.6 Å².